The predicted molar refractivity (Wildman–Crippen MR) is 56.6 cm³/mol. The van der Waals surface area contributed by atoms with Gasteiger partial charge in [0.2, 0.25) is 0 Å². The van der Waals surface area contributed by atoms with E-state index in [1.807, 2.05) is 20.8 Å². The SMILES string of the molecule is CCO[SiH2]CCC(OCC)OCC. The Morgan fingerprint density at radius 2 is 1.62 bits per heavy atom. The molecule has 0 N–H and O–H groups in total. The Kier molecular flexibility index (Phi) is 10.3. The van der Waals surface area contributed by atoms with E-state index in [-0.39, 0.29) is 16.1 Å². The van der Waals surface area contributed by atoms with Crippen molar-refractivity contribution in [2.75, 3.05) is 19.8 Å². The summed E-state index contributed by atoms with van der Waals surface area (Å²) in [5.74, 6) is 0. The highest BCUT2D eigenvalue weighted by Crippen LogP contribution is 2.04. The highest BCUT2D eigenvalue weighted by Gasteiger charge is 2.06. The van der Waals surface area contributed by atoms with E-state index in [1.165, 1.54) is 0 Å². The molecule has 0 rings (SSSR count). The molecule has 3 nitrogen and oxygen atoms in total. The summed E-state index contributed by atoms with van der Waals surface area (Å²) in [6.45, 7) is 8.31. The lowest BCUT2D eigenvalue weighted by atomic mass is 10.4. The Bertz CT molecular complexity index is 94.9. The fourth-order valence-corrected chi connectivity index (χ4v) is 2.08. The summed E-state index contributed by atoms with van der Waals surface area (Å²) in [7, 11) is -0.325. The van der Waals surface area contributed by atoms with E-state index in [9.17, 15) is 0 Å². The van der Waals surface area contributed by atoms with Gasteiger partial charge in [-0.15, -0.1) is 0 Å². The molecule has 0 aliphatic heterocycles. The molecule has 0 amide bonds. The molecule has 0 aromatic heterocycles. The van der Waals surface area contributed by atoms with Crippen LogP contribution in [0.5, 0.6) is 0 Å². The second kappa shape index (κ2) is 10.2. The molecule has 0 radical (unpaired) electrons. The summed E-state index contributed by atoms with van der Waals surface area (Å²) in [6, 6.07) is 1.14. The summed E-state index contributed by atoms with van der Waals surface area (Å²) in [5, 5.41) is 0. The maximum atomic E-state index is 5.41. The van der Waals surface area contributed by atoms with Gasteiger partial charge in [0.15, 0.2) is 16.1 Å². The Morgan fingerprint density at radius 1 is 1.00 bits per heavy atom. The van der Waals surface area contributed by atoms with Gasteiger partial charge in [-0.1, -0.05) is 0 Å². The largest absolute Gasteiger partial charge is 0.424 e. The monoisotopic (exact) mass is 206 g/mol. The molecular formula is C9H22O3Si. The third kappa shape index (κ3) is 8.43. The zero-order valence-electron chi connectivity index (χ0n) is 9.04. The molecule has 0 unspecified atom stereocenters. The van der Waals surface area contributed by atoms with Gasteiger partial charge in [-0.2, -0.15) is 0 Å². The van der Waals surface area contributed by atoms with Crippen molar-refractivity contribution in [2.45, 2.75) is 39.5 Å². The normalized spacial score (nSPS) is 12.0. The molecule has 0 atom stereocenters. The van der Waals surface area contributed by atoms with Crippen molar-refractivity contribution in [3.8, 4) is 0 Å². The third-order valence-electron chi connectivity index (χ3n) is 1.64. The maximum Gasteiger partial charge on any atom is 0.161 e. The molecule has 0 aromatic carbocycles. The molecule has 0 bridgehead atoms. The number of rotatable bonds is 9. The molecule has 4 heteroatoms. The molecule has 0 fully saturated rings. The summed E-state index contributed by atoms with van der Waals surface area (Å²) in [5.41, 5.74) is 0. The molecule has 0 spiro atoms. The van der Waals surface area contributed by atoms with E-state index < -0.39 is 0 Å². The molecule has 0 aliphatic carbocycles. The summed E-state index contributed by atoms with van der Waals surface area (Å²) in [6.07, 6.45) is 0.969. The van der Waals surface area contributed by atoms with Crippen LogP contribution in [-0.4, -0.2) is 35.9 Å². The maximum absolute atomic E-state index is 5.41. The van der Waals surface area contributed by atoms with Gasteiger partial charge in [-0.05, 0) is 33.2 Å². The van der Waals surface area contributed by atoms with Crippen LogP contribution in [0.3, 0.4) is 0 Å². The van der Waals surface area contributed by atoms with Crippen LogP contribution in [0.4, 0.5) is 0 Å². The van der Waals surface area contributed by atoms with Gasteiger partial charge in [-0.25, -0.2) is 0 Å². The Morgan fingerprint density at radius 3 is 2.08 bits per heavy atom. The van der Waals surface area contributed by atoms with E-state index in [4.69, 9.17) is 13.9 Å². The van der Waals surface area contributed by atoms with Gasteiger partial charge in [-0.3, -0.25) is 0 Å². The van der Waals surface area contributed by atoms with Gasteiger partial charge < -0.3 is 13.9 Å². The van der Waals surface area contributed by atoms with Crippen LogP contribution >= 0.6 is 0 Å². The smallest absolute Gasteiger partial charge is 0.161 e. The van der Waals surface area contributed by atoms with Crippen molar-refractivity contribution in [1.82, 2.24) is 0 Å². The first-order chi connectivity index (χ1) is 6.35. The second-order valence-electron chi connectivity index (χ2n) is 2.68. The fourth-order valence-electron chi connectivity index (χ4n) is 1.08. The fraction of sp³-hybridized carbons (Fsp3) is 1.00. The quantitative estimate of drug-likeness (QED) is 0.323. The molecule has 0 heterocycles. The van der Waals surface area contributed by atoms with Gasteiger partial charge >= 0.3 is 0 Å². The summed E-state index contributed by atoms with van der Waals surface area (Å²) >= 11 is 0. The van der Waals surface area contributed by atoms with E-state index >= 15 is 0 Å². The van der Waals surface area contributed by atoms with Crippen LogP contribution in [0.2, 0.25) is 6.04 Å². The first-order valence-corrected chi connectivity index (χ1v) is 6.73. The van der Waals surface area contributed by atoms with Crippen LogP contribution < -0.4 is 0 Å². The van der Waals surface area contributed by atoms with E-state index in [0.29, 0.717) is 0 Å². The van der Waals surface area contributed by atoms with E-state index in [1.54, 1.807) is 0 Å². The predicted octanol–water partition coefficient (Wildman–Crippen LogP) is 1.31. The van der Waals surface area contributed by atoms with Crippen molar-refractivity contribution in [1.29, 1.82) is 0 Å². The standard InChI is InChI=1S/C9H22O3Si/c1-4-10-9(11-5-2)7-8-13-12-6-3/h9H,4-8,13H2,1-3H3. The highest BCUT2D eigenvalue weighted by atomic mass is 28.2. The molecular weight excluding hydrogens is 184 g/mol. The van der Waals surface area contributed by atoms with Crippen molar-refractivity contribution in [3.05, 3.63) is 0 Å². The number of hydrogen-bond donors (Lipinski definition) is 0. The minimum absolute atomic E-state index is 0.0112. The zero-order valence-corrected chi connectivity index (χ0v) is 10.5. The van der Waals surface area contributed by atoms with Gasteiger partial charge in [0, 0.05) is 19.8 Å². The minimum atomic E-state index is -0.325. The first kappa shape index (κ1) is 13.1. The Balaban J connectivity index is 3.33. The molecule has 0 aliphatic rings. The van der Waals surface area contributed by atoms with Gasteiger partial charge in [0.25, 0.3) is 0 Å². The van der Waals surface area contributed by atoms with Crippen LogP contribution in [0.15, 0.2) is 0 Å². The van der Waals surface area contributed by atoms with Crippen LogP contribution in [0.25, 0.3) is 0 Å². The molecule has 0 aromatic rings. The van der Waals surface area contributed by atoms with Crippen molar-refractivity contribution in [3.63, 3.8) is 0 Å². The lowest BCUT2D eigenvalue weighted by molar-refractivity contribution is -0.136. The highest BCUT2D eigenvalue weighted by molar-refractivity contribution is 6.26. The Hall–Kier alpha value is 0.0969. The lowest BCUT2D eigenvalue weighted by Crippen LogP contribution is -2.18. The minimum Gasteiger partial charge on any atom is -0.424 e. The van der Waals surface area contributed by atoms with Crippen molar-refractivity contribution < 1.29 is 13.9 Å². The number of ether oxygens (including phenoxy) is 2. The molecule has 13 heavy (non-hydrogen) atoms. The third-order valence-corrected chi connectivity index (χ3v) is 3.03. The molecule has 0 saturated carbocycles. The van der Waals surface area contributed by atoms with E-state index in [2.05, 4.69) is 0 Å². The first-order valence-electron chi connectivity index (χ1n) is 5.16. The van der Waals surface area contributed by atoms with Crippen molar-refractivity contribution in [2.24, 2.45) is 0 Å². The van der Waals surface area contributed by atoms with Gasteiger partial charge in [0.05, 0.1) is 0 Å². The zero-order chi connectivity index (χ0) is 9.94. The second-order valence-corrected chi connectivity index (χ2v) is 4.20. The van der Waals surface area contributed by atoms with Crippen molar-refractivity contribution >= 4 is 9.76 Å². The molecule has 0 saturated heterocycles. The molecule has 80 valence electrons. The van der Waals surface area contributed by atoms with E-state index in [0.717, 1.165) is 32.3 Å². The lowest BCUT2D eigenvalue weighted by Gasteiger charge is -2.16. The summed E-state index contributed by atoms with van der Waals surface area (Å²) in [4.78, 5) is 0. The topological polar surface area (TPSA) is 27.7 Å². The van der Waals surface area contributed by atoms with Crippen LogP contribution in [0, 0.1) is 0 Å². The average Bonchev–Trinajstić information content (AvgIpc) is 2.13. The van der Waals surface area contributed by atoms with Gasteiger partial charge in [0.1, 0.15) is 0 Å². The Labute approximate surface area is 83.7 Å². The summed E-state index contributed by atoms with van der Waals surface area (Å²) < 4.78 is 16.2. The van der Waals surface area contributed by atoms with Crippen LogP contribution in [0.1, 0.15) is 27.2 Å². The number of hydrogen-bond acceptors (Lipinski definition) is 3. The van der Waals surface area contributed by atoms with Crippen LogP contribution in [-0.2, 0) is 13.9 Å². The average molecular weight is 206 g/mol.